The number of sulfonamides is 1. The SMILES string of the molecule is CCOC1=C2CCC(c3ccccc3)CC2N(S(=O)(=O)c2ccc(C)cc2)C(c2cccs2)C1. The maximum Gasteiger partial charge on any atom is 0.244 e. The molecule has 0 amide bonds. The van der Waals surface area contributed by atoms with E-state index in [0.29, 0.717) is 23.8 Å². The van der Waals surface area contributed by atoms with Crippen molar-refractivity contribution in [1.82, 2.24) is 4.31 Å². The summed E-state index contributed by atoms with van der Waals surface area (Å²) in [5.41, 5.74) is 3.50. The van der Waals surface area contributed by atoms with Crippen molar-refractivity contribution in [3.05, 3.63) is 99.4 Å². The summed E-state index contributed by atoms with van der Waals surface area (Å²) >= 11 is 1.62. The van der Waals surface area contributed by atoms with Gasteiger partial charge in [-0.2, -0.15) is 4.31 Å². The molecule has 178 valence electrons. The van der Waals surface area contributed by atoms with E-state index in [1.54, 1.807) is 23.5 Å². The Balaban J connectivity index is 1.63. The largest absolute Gasteiger partial charge is 0.498 e. The van der Waals surface area contributed by atoms with Crippen molar-refractivity contribution in [2.45, 2.75) is 62.4 Å². The Morgan fingerprint density at radius 3 is 2.44 bits per heavy atom. The third-order valence-corrected chi connectivity index (χ3v) is 9.99. The molecule has 1 aromatic heterocycles. The molecule has 1 saturated carbocycles. The number of rotatable bonds is 6. The standard InChI is InChI=1S/C28H31NO3S2/c1-3-32-27-19-26(28-10-7-17-33-28)29(34(30,31)23-14-11-20(2)12-15-23)25-18-22(13-16-24(25)27)21-8-5-4-6-9-21/h4-12,14-15,17,22,25-26H,3,13,16,18-19H2,1-2H3. The molecule has 1 aliphatic heterocycles. The molecule has 0 N–H and O–H groups in total. The second-order valence-corrected chi connectivity index (χ2v) is 12.0. The van der Waals surface area contributed by atoms with Gasteiger partial charge in [0.15, 0.2) is 0 Å². The first-order chi connectivity index (χ1) is 16.5. The minimum Gasteiger partial charge on any atom is -0.498 e. The van der Waals surface area contributed by atoms with E-state index in [1.807, 2.05) is 47.8 Å². The lowest BCUT2D eigenvalue weighted by molar-refractivity contribution is 0.139. The molecule has 2 aromatic carbocycles. The van der Waals surface area contributed by atoms with E-state index in [4.69, 9.17) is 4.74 Å². The van der Waals surface area contributed by atoms with E-state index in [0.717, 1.165) is 41.0 Å². The maximum absolute atomic E-state index is 14.2. The van der Waals surface area contributed by atoms with Crippen molar-refractivity contribution in [1.29, 1.82) is 0 Å². The highest BCUT2D eigenvalue weighted by molar-refractivity contribution is 7.89. The van der Waals surface area contributed by atoms with Crippen molar-refractivity contribution >= 4 is 21.4 Å². The normalized spacial score (nSPS) is 23.5. The van der Waals surface area contributed by atoms with E-state index in [-0.39, 0.29) is 12.1 Å². The molecule has 1 aliphatic carbocycles. The highest BCUT2D eigenvalue weighted by Crippen LogP contribution is 2.50. The van der Waals surface area contributed by atoms with Gasteiger partial charge in [0.25, 0.3) is 0 Å². The van der Waals surface area contributed by atoms with Gasteiger partial charge in [-0.1, -0.05) is 54.1 Å². The summed E-state index contributed by atoms with van der Waals surface area (Å²) in [6.45, 7) is 4.58. The number of hydrogen-bond acceptors (Lipinski definition) is 4. The topological polar surface area (TPSA) is 46.6 Å². The molecule has 3 atom stereocenters. The molecule has 6 heteroatoms. The zero-order valence-corrected chi connectivity index (χ0v) is 21.3. The van der Waals surface area contributed by atoms with Crippen LogP contribution in [-0.4, -0.2) is 25.4 Å². The Labute approximate surface area is 206 Å². The first kappa shape index (κ1) is 23.3. The number of benzene rings is 2. The van der Waals surface area contributed by atoms with Crippen LogP contribution in [0.5, 0.6) is 0 Å². The Bertz CT molecular complexity index is 1250. The molecule has 34 heavy (non-hydrogen) atoms. The fraction of sp³-hybridized carbons (Fsp3) is 0.357. The van der Waals surface area contributed by atoms with Crippen LogP contribution in [0, 0.1) is 6.92 Å². The zero-order valence-electron chi connectivity index (χ0n) is 19.7. The number of ether oxygens (including phenoxy) is 1. The van der Waals surface area contributed by atoms with Crippen LogP contribution in [0.3, 0.4) is 0 Å². The second kappa shape index (κ2) is 9.68. The minimum absolute atomic E-state index is 0.215. The number of nitrogens with zero attached hydrogens (tertiary/aromatic N) is 1. The van der Waals surface area contributed by atoms with E-state index in [9.17, 15) is 8.42 Å². The molecule has 5 rings (SSSR count). The van der Waals surface area contributed by atoms with Gasteiger partial charge in [0.2, 0.25) is 10.0 Å². The lowest BCUT2D eigenvalue weighted by Crippen LogP contribution is -2.49. The summed E-state index contributed by atoms with van der Waals surface area (Å²) in [7, 11) is -3.72. The smallest absolute Gasteiger partial charge is 0.244 e. The zero-order chi connectivity index (χ0) is 23.7. The number of hydrogen-bond donors (Lipinski definition) is 0. The molecule has 2 heterocycles. The summed E-state index contributed by atoms with van der Waals surface area (Å²) in [6.07, 6.45) is 3.22. The van der Waals surface area contributed by atoms with Gasteiger partial charge in [-0.05, 0) is 73.7 Å². The highest BCUT2D eigenvalue weighted by atomic mass is 32.2. The third kappa shape index (κ3) is 4.35. The molecule has 0 saturated heterocycles. The van der Waals surface area contributed by atoms with Crippen molar-refractivity contribution < 1.29 is 13.2 Å². The van der Waals surface area contributed by atoms with Crippen LogP contribution in [0.1, 0.15) is 60.6 Å². The Morgan fingerprint density at radius 1 is 1.00 bits per heavy atom. The van der Waals surface area contributed by atoms with Gasteiger partial charge in [-0.25, -0.2) is 8.42 Å². The number of aryl methyl sites for hydroxylation is 1. The molecule has 2 aliphatic rings. The summed E-state index contributed by atoms with van der Waals surface area (Å²) in [6, 6.07) is 21.3. The monoisotopic (exact) mass is 493 g/mol. The molecular weight excluding hydrogens is 462 g/mol. The van der Waals surface area contributed by atoms with Crippen LogP contribution in [0.25, 0.3) is 0 Å². The third-order valence-electron chi connectivity index (χ3n) is 7.08. The quantitative estimate of drug-likeness (QED) is 0.379. The van der Waals surface area contributed by atoms with Gasteiger partial charge in [0, 0.05) is 11.3 Å². The van der Waals surface area contributed by atoms with Gasteiger partial charge >= 0.3 is 0 Å². The van der Waals surface area contributed by atoms with Crippen molar-refractivity contribution in [2.24, 2.45) is 0 Å². The summed E-state index contributed by atoms with van der Waals surface area (Å²) in [5, 5.41) is 2.03. The van der Waals surface area contributed by atoms with Crippen molar-refractivity contribution in [2.75, 3.05) is 6.61 Å². The van der Waals surface area contributed by atoms with Crippen molar-refractivity contribution in [3.8, 4) is 0 Å². The summed E-state index contributed by atoms with van der Waals surface area (Å²) in [4.78, 5) is 1.43. The first-order valence-electron chi connectivity index (χ1n) is 12.0. The van der Waals surface area contributed by atoms with Crippen LogP contribution in [0.2, 0.25) is 0 Å². The Kier molecular flexibility index (Phi) is 6.65. The summed E-state index contributed by atoms with van der Waals surface area (Å²) < 4.78 is 36.5. The molecule has 0 bridgehead atoms. The average Bonchev–Trinajstić information content (AvgIpc) is 3.39. The van der Waals surface area contributed by atoms with E-state index in [2.05, 4.69) is 30.3 Å². The fourth-order valence-corrected chi connectivity index (χ4v) is 8.14. The van der Waals surface area contributed by atoms with Crippen LogP contribution in [0.4, 0.5) is 0 Å². The fourth-order valence-electron chi connectivity index (χ4n) is 5.45. The van der Waals surface area contributed by atoms with Crippen LogP contribution in [0.15, 0.2) is 88.3 Å². The summed E-state index contributed by atoms with van der Waals surface area (Å²) in [5.74, 6) is 1.31. The van der Waals surface area contributed by atoms with Crippen LogP contribution in [-0.2, 0) is 14.8 Å². The first-order valence-corrected chi connectivity index (χ1v) is 14.3. The Morgan fingerprint density at radius 2 is 1.76 bits per heavy atom. The molecule has 3 aromatic rings. The van der Waals surface area contributed by atoms with Gasteiger partial charge in [-0.15, -0.1) is 11.3 Å². The van der Waals surface area contributed by atoms with E-state index in [1.165, 1.54) is 5.56 Å². The molecule has 4 nitrogen and oxygen atoms in total. The number of thiophene rings is 1. The second-order valence-electron chi connectivity index (χ2n) is 9.16. The average molecular weight is 494 g/mol. The van der Waals surface area contributed by atoms with E-state index < -0.39 is 10.0 Å². The highest BCUT2D eigenvalue weighted by Gasteiger charge is 2.47. The lowest BCUT2D eigenvalue weighted by atomic mass is 9.76. The maximum atomic E-state index is 14.2. The van der Waals surface area contributed by atoms with Gasteiger partial charge in [0.05, 0.1) is 29.3 Å². The predicted octanol–water partition coefficient (Wildman–Crippen LogP) is 6.82. The van der Waals surface area contributed by atoms with Gasteiger partial charge < -0.3 is 4.74 Å². The van der Waals surface area contributed by atoms with Gasteiger partial charge in [-0.3, -0.25) is 0 Å². The van der Waals surface area contributed by atoms with Crippen molar-refractivity contribution in [3.63, 3.8) is 0 Å². The molecule has 0 radical (unpaired) electrons. The van der Waals surface area contributed by atoms with Crippen LogP contribution >= 0.6 is 11.3 Å². The van der Waals surface area contributed by atoms with E-state index >= 15 is 0 Å². The lowest BCUT2D eigenvalue weighted by Gasteiger charge is -2.46. The van der Waals surface area contributed by atoms with Gasteiger partial charge in [0.1, 0.15) is 0 Å². The minimum atomic E-state index is -3.72. The predicted molar refractivity (Wildman–Crippen MR) is 137 cm³/mol. The molecule has 3 unspecified atom stereocenters. The number of fused-ring (bicyclic) bond motifs is 1. The molecular formula is C28H31NO3S2. The molecule has 1 fully saturated rings. The van der Waals surface area contributed by atoms with Crippen LogP contribution < -0.4 is 0 Å². The Hall–Kier alpha value is -2.41. The molecule has 0 spiro atoms.